The topological polar surface area (TPSA) is 46.5 Å². The van der Waals surface area contributed by atoms with Gasteiger partial charge >= 0.3 is 5.97 Å². The van der Waals surface area contributed by atoms with Crippen LogP contribution in [-0.4, -0.2) is 26.2 Å². The number of hydrogen-bond donors (Lipinski definition) is 1. The van der Waals surface area contributed by atoms with Gasteiger partial charge in [-0.2, -0.15) is 0 Å². The van der Waals surface area contributed by atoms with Crippen LogP contribution >= 0.6 is 0 Å². The predicted molar refractivity (Wildman–Crippen MR) is 138 cm³/mol. The van der Waals surface area contributed by atoms with Gasteiger partial charge < -0.3 is 9.53 Å². The summed E-state index contributed by atoms with van der Waals surface area (Å²) in [7, 11) is -0.609. The van der Waals surface area contributed by atoms with Crippen molar-refractivity contribution in [2.45, 2.75) is 109 Å². The lowest BCUT2D eigenvalue weighted by atomic mass is 10.0. The van der Waals surface area contributed by atoms with E-state index in [9.17, 15) is 9.59 Å². The van der Waals surface area contributed by atoms with E-state index in [0.29, 0.717) is 6.42 Å². The highest BCUT2D eigenvalue weighted by Crippen LogP contribution is 2.40. The first kappa shape index (κ1) is 29.6. The highest BCUT2D eigenvalue weighted by Gasteiger charge is 2.37. The zero-order valence-electron chi connectivity index (χ0n) is 20.9. The lowest BCUT2D eigenvalue weighted by Gasteiger charge is -2.35. The molecule has 3 nitrogen and oxygen atoms in total. The molecule has 0 aromatic rings. The number of methoxy groups -OCH3 is 1. The van der Waals surface area contributed by atoms with Crippen LogP contribution < -0.4 is 0 Å². The van der Waals surface area contributed by atoms with E-state index in [0.717, 1.165) is 38.5 Å². The van der Waals surface area contributed by atoms with Crippen molar-refractivity contribution in [3.8, 4) is 0 Å². The fraction of sp³-hybridized carbons (Fsp3) is 0.667. The standard InChI is InChI=1S/C27H48O3Si/c1-27(2,31(4,5)29)25-23-21-19-17-15-13-11-9-7-6-8-10-12-14-16-18-20-22-24-26(28)30-3/h6-7,10-13,16,18,29H,8-9,14-15,17,19-25H2,1-5H3/b7-6-,12-10-,13-11-,18-16-. The number of carbonyl (C=O) groups excluding carboxylic acids is 1. The molecule has 0 aliphatic heterocycles. The summed E-state index contributed by atoms with van der Waals surface area (Å²) in [5.74, 6) is -0.130. The molecule has 0 radical (unpaired) electrons. The maximum Gasteiger partial charge on any atom is 0.305 e. The molecule has 0 saturated carbocycles. The zero-order chi connectivity index (χ0) is 23.4. The van der Waals surface area contributed by atoms with Crippen molar-refractivity contribution in [3.05, 3.63) is 48.6 Å². The molecule has 178 valence electrons. The number of esters is 1. The number of allylic oxidation sites excluding steroid dienone is 8. The van der Waals surface area contributed by atoms with Crippen LogP contribution in [0.15, 0.2) is 48.6 Å². The smallest absolute Gasteiger partial charge is 0.305 e. The number of carbonyl (C=O) groups is 1. The Labute approximate surface area is 193 Å². The molecule has 0 rings (SSSR count). The molecular weight excluding hydrogens is 400 g/mol. The van der Waals surface area contributed by atoms with Crippen molar-refractivity contribution in [2.75, 3.05) is 7.11 Å². The molecule has 0 aromatic heterocycles. The van der Waals surface area contributed by atoms with Crippen molar-refractivity contribution < 1.29 is 14.3 Å². The first-order chi connectivity index (χ1) is 14.7. The quantitative estimate of drug-likeness (QED) is 0.0998. The minimum Gasteiger partial charge on any atom is -0.469 e. The Balaban J connectivity index is 3.55. The maximum absolute atomic E-state index is 11.0. The average Bonchev–Trinajstić information content (AvgIpc) is 2.71. The van der Waals surface area contributed by atoms with Crippen molar-refractivity contribution >= 4 is 14.3 Å². The van der Waals surface area contributed by atoms with E-state index in [1.54, 1.807) is 0 Å². The normalized spacial score (nSPS) is 13.4. The van der Waals surface area contributed by atoms with Crippen LogP contribution in [0.5, 0.6) is 0 Å². The number of ether oxygens (including phenoxy) is 1. The molecule has 31 heavy (non-hydrogen) atoms. The molecule has 0 spiro atoms. The Kier molecular flexibility index (Phi) is 17.4. The van der Waals surface area contributed by atoms with Crippen LogP contribution in [0.4, 0.5) is 0 Å². The molecule has 0 saturated heterocycles. The van der Waals surface area contributed by atoms with Crippen molar-refractivity contribution in [2.24, 2.45) is 0 Å². The summed E-state index contributed by atoms with van der Waals surface area (Å²) in [6, 6.07) is 0. The second-order valence-electron chi connectivity index (χ2n) is 9.46. The zero-order valence-corrected chi connectivity index (χ0v) is 21.9. The third-order valence-corrected chi connectivity index (χ3v) is 9.60. The van der Waals surface area contributed by atoms with E-state index in [2.05, 4.69) is 80.3 Å². The number of hydrogen-bond acceptors (Lipinski definition) is 3. The molecule has 0 fully saturated rings. The lowest BCUT2D eigenvalue weighted by Crippen LogP contribution is -2.38. The van der Waals surface area contributed by atoms with E-state index >= 15 is 0 Å². The third-order valence-electron chi connectivity index (χ3n) is 6.04. The molecule has 4 heteroatoms. The summed E-state index contributed by atoms with van der Waals surface area (Å²) in [5.41, 5.74) is 0. The third kappa shape index (κ3) is 17.9. The molecule has 0 atom stereocenters. The van der Waals surface area contributed by atoms with Crippen LogP contribution in [0, 0.1) is 0 Å². The monoisotopic (exact) mass is 448 g/mol. The lowest BCUT2D eigenvalue weighted by molar-refractivity contribution is -0.140. The van der Waals surface area contributed by atoms with Gasteiger partial charge in [0, 0.05) is 6.42 Å². The second kappa shape index (κ2) is 18.2. The van der Waals surface area contributed by atoms with Crippen molar-refractivity contribution in [1.82, 2.24) is 0 Å². The highest BCUT2D eigenvalue weighted by atomic mass is 28.4. The van der Waals surface area contributed by atoms with Crippen LogP contribution in [-0.2, 0) is 9.53 Å². The molecule has 0 aromatic carbocycles. The number of rotatable bonds is 18. The summed E-state index contributed by atoms with van der Waals surface area (Å²) >= 11 is 0. The SMILES string of the molecule is COC(=O)CCC/C=C\C/C=C\C/C=C\C/C=C\CCCCCCC(C)(C)[Si](C)(C)O. The van der Waals surface area contributed by atoms with E-state index in [-0.39, 0.29) is 11.0 Å². The van der Waals surface area contributed by atoms with Crippen molar-refractivity contribution in [3.63, 3.8) is 0 Å². The Morgan fingerprint density at radius 1 is 0.774 bits per heavy atom. The fourth-order valence-corrected chi connectivity index (χ4v) is 3.79. The van der Waals surface area contributed by atoms with Crippen LogP contribution in [0.3, 0.4) is 0 Å². The van der Waals surface area contributed by atoms with Gasteiger partial charge in [0.25, 0.3) is 0 Å². The van der Waals surface area contributed by atoms with Gasteiger partial charge in [-0.3, -0.25) is 4.79 Å². The van der Waals surface area contributed by atoms with E-state index in [1.165, 1.54) is 39.2 Å². The summed E-state index contributed by atoms with van der Waals surface area (Å²) in [4.78, 5) is 21.3. The van der Waals surface area contributed by atoms with Gasteiger partial charge in [0.1, 0.15) is 0 Å². The Hall–Kier alpha value is -1.39. The van der Waals surface area contributed by atoms with E-state index < -0.39 is 8.32 Å². The molecule has 0 bridgehead atoms. The molecular formula is C27H48O3Si. The minimum absolute atomic E-state index is 0.123. The average molecular weight is 449 g/mol. The summed E-state index contributed by atoms with van der Waals surface area (Å²) in [6.07, 6.45) is 30.3. The van der Waals surface area contributed by atoms with Gasteiger partial charge in [-0.15, -0.1) is 0 Å². The summed E-state index contributed by atoms with van der Waals surface area (Å²) in [6.45, 7) is 8.56. The molecule has 0 unspecified atom stereocenters. The largest absolute Gasteiger partial charge is 0.469 e. The van der Waals surface area contributed by atoms with Gasteiger partial charge in [0.05, 0.1) is 7.11 Å². The number of unbranched alkanes of at least 4 members (excludes halogenated alkanes) is 5. The molecule has 0 heterocycles. The maximum atomic E-state index is 11.0. The van der Waals surface area contributed by atoms with Crippen LogP contribution in [0.25, 0.3) is 0 Å². The second-order valence-corrected chi connectivity index (χ2v) is 13.9. The minimum atomic E-state index is -2.04. The fourth-order valence-electron chi connectivity index (χ4n) is 3.00. The predicted octanol–water partition coefficient (Wildman–Crippen LogP) is 8.04. The molecule has 0 amide bonds. The molecule has 0 aliphatic carbocycles. The van der Waals surface area contributed by atoms with Crippen LogP contribution in [0.1, 0.15) is 90.9 Å². The first-order valence-corrected chi connectivity index (χ1v) is 15.0. The van der Waals surface area contributed by atoms with Gasteiger partial charge in [-0.1, -0.05) is 81.7 Å². The molecule has 0 aliphatic rings. The van der Waals surface area contributed by atoms with Gasteiger partial charge in [0.15, 0.2) is 8.32 Å². The van der Waals surface area contributed by atoms with E-state index in [1.807, 2.05) is 0 Å². The van der Waals surface area contributed by atoms with Gasteiger partial charge in [0.2, 0.25) is 0 Å². The summed E-state index contributed by atoms with van der Waals surface area (Å²) in [5, 5.41) is 0.123. The highest BCUT2D eigenvalue weighted by molar-refractivity contribution is 6.72. The Morgan fingerprint density at radius 3 is 1.71 bits per heavy atom. The molecule has 1 N–H and O–H groups in total. The van der Waals surface area contributed by atoms with Gasteiger partial charge in [-0.25, -0.2) is 0 Å². The first-order valence-electron chi connectivity index (χ1n) is 12.1. The summed E-state index contributed by atoms with van der Waals surface area (Å²) < 4.78 is 4.61. The van der Waals surface area contributed by atoms with Crippen molar-refractivity contribution in [1.29, 1.82) is 0 Å². The van der Waals surface area contributed by atoms with E-state index in [4.69, 9.17) is 0 Å². The Morgan fingerprint density at radius 2 is 1.23 bits per heavy atom. The van der Waals surface area contributed by atoms with Gasteiger partial charge in [-0.05, 0) is 69.5 Å². The Bertz CT molecular complexity index is 566. The van der Waals surface area contributed by atoms with Crippen LogP contribution in [0.2, 0.25) is 18.1 Å².